The van der Waals surface area contributed by atoms with Gasteiger partial charge in [0.1, 0.15) is 6.61 Å². The Kier molecular flexibility index (Phi) is 5.68. The van der Waals surface area contributed by atoms with Gasteiger partial charge in [-0.3, -0.25) is 4.79 Å². The van der Waals surface area contributed by atoms with Gasteiger partial charge in [0, 0.05) is 6.54 Å². The maximum atomic E-state index is 11.7. The number of allylic oxidation sites excluding steroid dienone is 2. The minimum atomic E-state index is 0.0306. The minimum Gasteiger partial charge on any atom is -0.368 e. The summed E-state index contributed by atoms with van der Waals surface area (Å²) in [6.45, 7) is 3.01. The number of carbonyl (C=O) groups excluding carboxylic acids is 1. The van der Waals surface area contributed by atoms with Gasteiger partial charge in [-0.15, -0.1) is 0 Å². The highest BCUT2D eigenvalue weighted by molar-refractivity contribution is 5.77. The van der Waals surface area contributed by atoms with Crippen molar-refractivity contribution in [2.45, 2.75) is 38.2 Å². The fourth-order valence-corrected chi connectivity index (χ4v) is 2.51. The van der Waals surface area contributed by atoms with Gasteiger partial charge in [0.25, 0.3) is 0 Å². The summed E-state index contributed by atoms with van der Waals surface area (Å²) in [7, 11) is 0. The van der Waals surface area contributed by atoms with E-state index < -0.39 is 0 Å². The van der Waals surface area contributed by atoms with E-state index in [0.717, 1.165) is 45.3 Å². The van der Waals surface area contributed by atoms with Gasteiger partial charge < -0.3 is 15.4 Å². The van der Waals surface area contributed by atoms with Gasteiger partial charge in [0.2, 0.25) is 5.91 Å². The molecule has 0 aromatic carbocycles. The lowest BCUT2D eigenvalue weighted by atomic mass is 9.94. The van der Waals surface area contributed by atoms with E-state index in [1.165, 1.54) is 6.42 Å². The number of carbonyl (C=O) groups is 1. The number of amides is 1. The average Bonchev–Trinajstić information content (AvgIpc) is 2.45. The van der Waals surface area contributed by atoms with E-state index in [4.69, 9.17) is 4.74 Å². The monoisotopic (exact) mass is 252 g/mol. The average molecular weight is 252 g/mol. The molecule has 0 aromatic heterocycles. The van der Waals surface area contributed by atoms with E-state index >= 15 is 0 Å². The van der Waals surface area contributed by atoms with Crippen LogP contribution in [-0.2, 0) is 9.53 Å². The molecule has 1 heterocycles. The van der Waals surface area contributed by atoms with E-state index in [0.29, 0.717) is 5.92 Å². The first kappa shape index (κ1) is 13.6. The first-order chi connectivity index (χ1) is 8.84. The number of piperidine rings is 1. The molecule has 2 rings (SSSR count). The molecule has 102 valence electrons. The molecular weight excluding hydrogens is 228 g/mol. The number of hydrogen-bond acceptors (Lipinski definition) is 3. The molecule has 0 aromatic rings. The maximum absolute atomic E-state index is 11.7. The summed E-state index contributed by atoms with van der Waals surface area (Å²) in [5.41, 5.74) is 0. The predicted octanol–water partition coefficient (Wildman–Crippen LogP) is 1.23. The minimum absolute atomic E-state index is 0.0306. The first-order valence-electron chi connectivity index (χ1n) is 7.08. The van der Waals surface area contributed by atoms with Crippen LogP contribution in [0.1, 0.15) is 32.1 Å². The maximum Gasteiger partial charge on any atom is 0.246 e. The van der Waals surface area contributed by atoms with Gasteiger partial charge in [0.05, 0.1) is 6.10 Å². The van der Waals surface area contributed by atoms with E-state index in [2.05, 4.69) is 22.8 Å². The van der Waals surface area contributed by atoms with E-state index in [1.807, 2.05) is 0 Å². The molecule has 1 aliphatic heterocycles. The Hall–Kier alpha value is -0.870. The second-order valence-electron chi connectivity index (χ2n) is 5.21. The molecule has 1 fully saturated rings. The molecule has 18 heavy (non-hydrogen) atoms. The Morgan fingerprint density at radius 1 is 1.28 bits per heavy atom. The van der Waals surface area contributed by atoms with E-state index in [1.54, 1.807) is 0 Å². The summed E-state index contributed by atoms with van der Waals surface area (Å²) >= 11 is 0. The summed E-state index contributed by atoms with van der Waals surface area (Å²) in [5.74, 6) is 0.640. The quantitative estimate of drug-likeness (QED) is 0.724. The van der Waals surface area contributed by atoms with Gasteiger partial charge in [-0.2, -0.15) is 0 Å². The van der Waals surface area contributed by atoms with Crippen molar-refractivity contribution in [3.63, 3.8) is 0 Å². The molecule has 0 spiro atoms. The number of hydrogen-bond donors (Lipinski definition) is 2. The Balaban J connectivity index is 1.55. The summed E-state index contributed by atoms with van der Waals surface area (Å²) in [6, 6.07) is 0. The summed E-state index contributed by atoms with van der Waals surface area (Å²) < 4.78 is 5.62. The van der Waals surface area contributed by atoms with Crippen LogP contribution in [0.4, 0.5) is 0 Å². The molecule has 0 saturated carbocycles. The Bertz CT molecular complexity index is 286. The predicted molar refractivity (Wildman–Crippen MR) is 71.3 cm³/mol. The molecule has 1 aliphatic carbocycles. The molecule has 4 nitrogen and oxygen atoms in total. The Morgan fingerprint density at radius 2 is 2.11 bits per heavy atom. The van der Waals surface area contributed by atoms with Crippen LogP contribution in [0, 0.1) is 5.92 Å². The van der Waals surface area contributed by atoms with Crippen LogP contribution in [0.5, 0.6) is 0 Å². The Morgan fingerprint density at radius 3 is 2.83 bits per heavy atom. The second-order valence-corrected chi connectivity index (χ2v) is 5.21. The third-order valence-corrected chi connectivity index (χ3v) is 3.70. The topological polar surface area (TPSA) is 50.4 Å². The molecular formula is C14H24N2O2. The standard InChI is InChI=1S/C14H24N2O2/c17-14(11-18-13-6-8-15-9-7-13)16-10-12-4-2-1-3-5-12/h1-2,12-13,15H,3-11H2,(H,16,17). The molecule has 1 atom stereocenters. The van der Waals surface area contributed by atoms with Gasteiger partial charge in [-0.1, -0.05) is 12.2 Å². The zero-order valence-electron chi connectivity index (χ0n) is 11.0. The second kappa shape index (κ2) is 7.54. The number of nitrogens with one attached hydrogen (secondary N) is 2. The van der Waals surface area contributed by atoms with Crippen molar-refractivity contribution in [3.8, 4) is 0 Å². The number of ether oxygens (including phenoxy) is 1. The van der Waals surface area contributed by atoms with Crippen LogP contribution in [0.15, 0.2) is 12.2 Å². The normalized spacial score (nSPS) is 25.0. The SMILES string of the molecule is O=C(COC1CCNCC1)NCC1CC=CCC1. The van der Waals surface area contributed by atoms with Crippen molar-refractivity contribution in [1.82, 2.24) is 10.6 Å². The van der Waals surface area contributed by atoms with Crippen LogP contribution in [-0.4, -0.2) is 38.3 Å². The van der Waals surface area contributed by atoms with Crippen molar-refractivity contribution in [3.05, 3.63) is 12.2 Å². The number of rotatable bonds is 5. The molecule has 1 saturated heterocycles. The summed E-state index contributed by atoms with van der Waals surface area (Å²) in [5, 5.41) is 6.26. The lowest BCUT2D eigenvalue weighted by Gasteiger charge is -2.23. The van der Waals surface area contributed by atoms with Crippen LogP contribution < -0.4 is 10.6 Å². The Labute approximate surface area is 109 Å². The van der Waals surface area contributed by atoms with Crippen LogP contribution in [0.25, 0.3) is 0 Å². The van der Waals surface area contributed by atoms with E-state index in [9.17, 15) is 4.79 Å². The molecule has 0 radical (unpaired) electrons. The highest BCUT2D eigenvalue weighted by Crippen LogP contribution is 2.16. The smallest absolute Gasteiger partial charge is 0.246 e. The first-order valence-corrected chi connectivity index (χ1v) is 7.08. The highest BCUT2D eigenvalue weighted by atomic mass is 16.5. The van der Waals surface area contributed by atoms with Crippen molar-refractivity contribution in [1.29, 1.82) is 0 Å². The molecule has 1 amide bonds. The third kappa shape index (κ3) is 4.78. The van der Waals surface area contributed by atoms with E-state index in [-0.39, 0.29) is 18.6 Å². The van der Waals surface area contributed by atoms with Crippen LogP contribution >= 0.6 is 0 Å². The molecule has 4 heteroatoms. The molecule has 2 aliphatic rings. The van der Waals surface area contributed by atoms with Crippen molar-refractivity contribution in [2.75, 3.05) is 26.2 Å². The van der Waals surface area contributed by atoms with Crippen LogP contribution in [0.3, 0.4) is 0 Å². The largest absolute Gasteiger partial charge is 0.368 e. The van der Waals surface area contributed by atoms with Gasteiger partial charge in [-0.25, -0.2) is 0 Å². The van der Waals surface area contributed by atoms with Gasteiger partial charge in [-0.05, 0) is 51.1 Å². The van der Waals surface area contributed by atoms with Crippen molar-refractivity contribution < 1.29 is 9.53 Å². The lowest BCUT2D eigenvalue weighted by molar-refractivity contribution is -0.128. The fraction of sp³-hybridized carbons (Fsp3) is 0.786. The highest BCUT2D eigenvalue weighted by Gasteiger charge is 2.15. The van der Waals surface area contributed by atoms with Gasteiger partial charge >= 0.3 is 0 Å². The van der Waals surface area contributed by atoms with Crippen molar-refractivity contribution in [2.24, 2.45) is 5.92 Å². The third-order valence-electron chi connectivity index (χ3n) is 3.70. The molecule has 2 N–H and O–H groups in total. The molecule has 0 bridgehead atoms. The summed E-state index contributed by atoms with van der Waals surface area (Å²) in [4.78, 5) is 11.7. The summed E-state index contributed by atoms with van der Waals surface area (Å²) in [6.07, 6.45) is 10.1. The lowest BCUT2D eigenvalue weighted by Crippen LogP contribution is -2.37. The van der Waals surface area contributed by atoms with Gasteiger partial charge in [0.15, 0.2) is 0 Å². The van der Waals surface area contributed by atoms with Crippen LogP contribution in [0.2, 0.25) is 0 Å². The molecule has 1 unspecified atom stereocenters. The zero-order valence-corrected chi connectivity index (χ0v) is 11.0. The van der Waals surface area contributed by atoms with Crippen molar-refractivity contribution >= 4 is 5.91 Å². The fourth-order valence-electron chi connectivity index (χ4n) is 2.51. The zero-order chi connectivity index (χ0) is 12.6.